The lowest BCUT2D eigenvalue weighted by Gasteiger charge is -2.24. The minimum absolute atomic E-state index is 0.0959. The average Bonchev–Trinajstić information content (AvgIpc) is 3.28. The lowest BCUT2D eigenvalue weighted by Crippen LogP contribution is -2.45. The summed E-state index contributed by atoms with van der Waals surface area (Å²) in [7, 11) is 0. The molecule has 0 radical (unpaired) electrons. The fourth-order valence-corrected chi connectivity index (χ4v) is 2.95. The Morgan fingerprint density at radius 3 is 2.88 bits per heavy atom. The molecule has 1 aliphatic rings. The van der Waals surface area contributed by atoms with Gasteiger partial charge in [-0.25, -0.2) is 9.98 Å². The highest BCUT2D eigenvalue weighted by atomic mass is 16.5. The van der Waals surface area contributed by atoms with Crippen LogP contribution in [0.25, 0.3) is 11.3 Å². The normalized spacial score (nSPS) is 20.6. The zero-order chi connectivity index (χ0) is 17.5. The predicted octanol–water partition coefficient (Wildman–Crippen LogP) is 2.70. The number of H-pyrrole nitrogens is 1. The van der Waals surface area contributed by atoms with Gasteiger partial charge in [0.2, 0.25) is 0 Å². The number of aliphatic imine (C=N–C) groups is 1. The number of aromatic amines is 1. The quantitative estimate of drug-likeness (QED) is 0.558. The molecule has 1 atom stereocenters. The summed E-state index contributed by atoms with van der Waals surface area (Å²) in [4.78, 5) is 12.4. The highest BCUT2D eigenvalue weighted by Gasteiger charge is 2.29. The molecule has 2 aromatic rings. The lowest BCUT2D eigenvalue weighted by atomic mass is 10.0. The van der Waals surface area contributed by atoms with E-state index in [4.69, 9.17) is 4.74 Å². The Morgan fingerprint density at radius 1 is 1.32 bits per heavy atom. The molecule has 3 N–H and O–H groups in total. The lowest BCUT2D eigenvalue weighted by molar-refractivity contribution is 0.0243. The Hall–Kier alpha value is -2.34. The van der Waals surface area contributed by atoms with Crippen LogP contribution in [0.5, 0.6) is 0 Å². The third-order valence-corrected chi connectivity index (χ3v) is 4.37. The molecule has 1 aliphatic heterocycles. The number of hydrogen-bond acceptors (Lipinski definition) is 3. The first-order valence-corrected chi connectivity index (χ1v) is 8.94. The molecule has 0 bridgehead atoms. The summed E-state index contributed by atoms with van der Waals surface area (Å²) in [6.45, 7) is 7.13. The van der Waals surface area contributed by atoms with Crippen molar-refractivity contribution < 1.29 is 4.74 Å². The van der Waals surface area contributed by atoms with Crippen LogP contribution >= 0.6 is 0 Å². The number of benzene rings is 1. The molecule has 6 heteroatoms. The summed E-state index contributed by atoms with van der Waals surface area (Å²) in [5.41, 5.74) is 2.04. The maximum atomic E-state index is 5.82. The molecule has 1 aromatic carbocycles. The Labute approximate surface area is 149 Å². The maximum Gasteiger partial charge on any atom is 0.191 e. The van der Waals surface area contributed by atoms with Crippen LogP contribution in [0.2, 0.25) is 0 Å². The molecular weight excluding hydrogens is 314 g/mol. The van der Waals surface area contributed by atoms with E-state index >= 15 is 0 Å². The number of ether oxygens (including phenoxy) is 1. The summed E-state index contributed by atoms with van der Waals surface area (Å²) < 4.78 is 5.82. The monoisotopic (exact) mass is 341 g/mol. The van der Waals surface area contributed by atoms with Gasteiger partial charge in [0.05, 0.1) is 17.5 Å². The van der Waals surface area contributed by atoms with Gasteiger partial charge < -0.3 is 20.4 Å². The summed E-state index contributed by atoms with van der Waals surface area (Å²) in [6, 6.07) is 10.2. The molecule has 3 rings (SSSR count). The van der Waals surface area contributed by atoms with E-state index in [1.54, 1.807) is 0 Å². The van der Waals surface area contributed by atoms with E-state index in [1.807, 2.05) is 24.4 Å². The summed E-state index contributed by atoms with van der Waals surface area (Å²) in [5, 5.41) is 6.66. The van der Waals surface area contributed by atoms with Crippen molar-refractivity contribution in [3.05, 3.63) is 42.4 Å². The highest BCUT2D eigenvalue weighted by molar-refractivity contribution is 5.79. The van der Waals surface area contributed by atoms with Gasteiger partial charge in [0.1, 0.15) is 12.4 Å². The smallest absolute Gasteiger partial charge is 0.191 e. The molecule has 0 amide bonds. The van der Waals surface area contributed by atoms with E-state index in [1.165, 1.54) is 0 Å². The van der Waals surface area contributed by atoms with Crippen molar-refractivity contribution >= 4 is 5.96 Å². The second-order valence-corrected chi connectivity index (χ2v) is 6.56. The summed E-state index contributed by atoms with van der Waals surface area (Å²) in [6.07, 6.45) is 4.06. The fourth-order valence-electron chi connectivity index (χ4n) is 2.95. The van der Waals surface area contributed by atoms with Gasteiger partial charge in [0.15, 0.2) is 5.96 Å². The minimum Gasteiger partial charge on any atom is -0.373 e. The van der Waals surface area contributed by atoms with E-state index in [9.17, 15) is 0 Å². The van der Waals surface area contributed by atoms with Gasteiger partial charge in [-0.2, -0.15) is 0 Å². The van der Waals surface area contributed by atoms with Crippen LogP contribution in [-0.2, 0) is 11.3 Å². The first-order chi connectivity index (χ1) is 12.2. The third-order valence-electron chi connectivity index (χ3n) is 4.37. The van der Waals surface area contributed by atoms with Crippen LogP contribution in [0.3, 0.4) is 0 Å². The largest absolute Gasteiger partial charge is 0.373 e. The number of nitrogens with one attached hydrogen (secondary N) is 3. The predicted molar refractivity (Wildman–Crippen MR) is 100 cm³/mol. The first-order valence-electron chi connectivity index (χ1n) is 8.94. The Bertz CT molecular complexity index is 689. The number of guanidine groups is 1. The molecule has 134 valence electrons. The van der Waals surface area contributed by atoms with Gasteiger partial charge in [-0.15, -0.1) is 0 Å². The number of rotatable bonds is 6. The molecule has 1 saturated heterocycles. The third kappa shape index (κ3) is 4.82. The molecule has 0 spiro atoms. The topological polar surface area (TPSA) is 74.3 Å². The number of hydrogen-bond donors (Lipinski definition) is 3. The molecule has 1 fully saturated rings. The van der Waals surface area contributed by atoms with Crippen LogP contribution in [-0.4, -0.2) is 41.2 Å². The zero-order valence-electron chi connectivity index (χ0n) is 15.0. The van der Waals surface area contributed by atoms with Crippen molar-refractivity contribution in [3.8, 4) is 11.3 Å². The number of imidazole rings is 1. The minimum atomic E-state index is -0.0959. The van der Waals surface area contributed by atoms with Crippen molar-refractivity contribution in [2.24, 2.45) is 4.99 Å². The second-order valence-electron chi connectivity index (χ2n) is 6.56. The molecule has 0 saturated carbocycles. The van der Waals surface area contributed by atoms with Crippen molar-refractivity contribution in [3.63, 3.8) is 0 Å². The molecular formula is C19H27N5O. The highest BCUT2D eigenvalue weighted by Crippen LogP contribution is 2.23. The first kappa shape index (κ1) is 17.5. The van der Waals surface area contributed by atoms with Crippen LogP contribution in [0.1, 0.15) is 32.5 Å². The Kier molecular flexibility index (Phi) is 5.71. The van der Waals surface area contributed by atoms with E-state index in [0.29, 0.717) is 6.54 Å². The van der Waals surface area contributed by atoms with Gasteiger partial charge in [-0.3, -0.25) is 0 Å². The van der Waals surface area contributed by atoms with Crippen LogP contribution in [0.4, 0.5) is 0 Å². The summed E-state index contributed by atoms with van der Waals surface area (Å²) in [5.74, 6) is 1.64. The van der Waals surface area contributed by atoms with Crippen LogP contribution in [0, 0.1) is 0 Å². The van der Waals surface area contributed by atoms with Gasteiger partial charge in [-0.1, -0.05) is 30.3 Å². The van der Waals surface area contributed by atoms with Gasteiger partial charge in [-0.05, 0) is 32.3 Å². The maximum absolute atomic E-state index is 5.82. The van der Waals surface area contributed by atoms with E-state index in [2.05, 4.69) is 51.6 Å². The van der Waals surface area contributed by atoms with Crippen LogP contribution in [0.15, 0.2) is 41.5 Å². The number of nitrogens with zero attached hydrogens (tertiary/aromatic N) is 2. The number of aromatic nitrogens is 2. The molecule has 6 nitrogen and oxygen atoms in total. The standard InChI is InChI=1S/C19H27N5O/c1-3-20-18(23-14-19(2)10-7-11-25-19)22-13-17-21-12-16(24-17)15-8-5-4-6-9-15/h4-6,8-9,12H,3,7,10-11,13-14H2,1-2H3,(H,21,24)(H2,20,22,23). The van der Waals surface area contributed by atoms with Crippen LogP contribution < -0.4 is 10.6 Å². The van der Waals surface area contributed by atoms with E-state index in [0.717, 1.165) is 55.6 Å². The fraction of sp³-hybridized carbons (Fsp3) is 0.474. The van der Waals surface area contributed by atoms with Crippen molar-refractivity contribution in [1.82, 2.24) is 20.6 Å². The van der Waals surface area contributed by atoms with Gasteiger partial charge >= 0.3 is 0 Å². The van der Waals surface area contributed by atoms with E-state index < -0.39 is 0 Å². The molecule has 1 unspecified atom stereocenters. The molecule has 25 heavy (non-hydrogen) atoms. The molecule has 2 heterocycles. The second kappa shape index (κ2) is 8.16. The van der Waals surface area contributed by atoms with E-state index in [-0.39, 0.29) is 5.60 Å². The van der Waals surface area contributed by atoms with Crippen molar-refractivity contribution in [2.75, 3.05) is 19.7 Å². The van der Waals surface area contributed by atoms with Crippen molar-refractivity contribution in [2.45, 2.75) is 38.8 Å². The van der Waals surface area contributed by atoms with Crippen molar-refractivity contribution in [1.29, 1.82) is 0 Å². The molecule has 0 aliphatic carbocycles. The Balaban J connectivity index is 1.60. The Morgan fingerprint density at radius 2 is 2.16 bits per heavy atom. The van der Waals surface area contributed by atoms with Gasteiger partial charge in [0, 0.05) is 19.7 Å². The van der Waals surface area contributed by atoms with Gasteiger partial charge in [0.25, 0.3) is 0 Å². The molecule has 1 aromatic heterocycles. The average molecular weight is 341 g/mol. The summed E-state index contributed by atoms with van der Waals surface area (Å²) >= 11 is 0. The zero-order valence-corrected chi connectivity index (χ0v) is 15.0. The SMILES string of the molecule is CCNC(=NCc1ncc(-c2ccccc2)[nH]1)NCC1(C)CCCO1.